The topological polar surface area (TPSA) is 98.5 Å². The summed E-state index contributed by atoms with van der Waals surface area (Å²) >= 11 is 5.69. The molecule has 0 fully saturated rings. The molecule has 1 amide bonds. The third-order valence-electron chi connectivity index (χ3n) is 3.26. The number of esters is 1. The van der Waals surface area contributed by atoms with E-state index in [1.54, 1.807) is 6.08 Å². The first-order valence-electron chi connectivity index (χ1n) is 7.50. The minimum absolute atomic E-state index is 0.0410. The molecular weight excluding hydrogens is 360 g/mol. The van der Waals surface area contributed by atoms with E-state index in [0.29, 0.717) is 0 Å². The van der Waals surface area contributed by atoms with Gasteiger partial charge in [0.2, 0.25) is 0 Å². The molecule has 0 aliphatic carbocycles. The first-order chi connectivity index (χ1) is 12.3. The minimum Gasteiger partial charge on any atom is -0.452 e. The number of nitro groups is 1. The molecule has 0 aliphatic rings. The Morgan fingerprint density at radius 2 is 1.92 bits per heavy atom. The lowest BCUT2D eigenvalue weighted by Crippen LogP contribution is -2.20. The lowest BCUT2D eigenvalue weighted by molar-refractivity contribution is -0.384. The summed E-state index contributed by atoms with van der Waals surface area (Å²) in [6, 6.07) is 11.3. The lowest BCUT2D eigenvalue weighted by Gasteiger charge is -2.06. The van der Waals surface area contributed by atoms with Gasteiger partial charge in [-0.2, -0.15) is 0 Å². The van der Waals surface area contributed by atoms with Crippen LogP contribution >= 0.6 is 11.6 Å². The maximum atomic E-state index is 11.8. The van der Waals surface area contributed by atoms with Crippen molar-refractivity contribution in [3.8, 4) is 0 Å². The van der Waals surface area contributed by atoms with Gasteiger partial charge in [-0.25, -0.2) is 4.79 Å². The monoisotopic (exact) mass is 374 g/mol. The molecule has 2 rings (SSSR count). The second-order valence-corrected chi connectivity index (χ2v) is 5.73. The number of carbonyl (C=O) groups is 2. The second kappa shape index (κ2) is 8.77. The molecule has 2 aromatic rings. The molecule has 0 unspecified atom stereocenters. The maximum absolute atomic E-state index is 11.8. The zero-order valence-corrected chi connectivity index (χ0v) is 14.5. The summed E-state index contributed by atoms with van der Waals surface area (Å²) in [4.78, 5) is 33.6. The first kappa shape index (κ1) is 19.1. The van der Waals surface area contributed by atoms with Crippen molar-refractivity contribution >= 4 is 40.9 Å². The number of halogens is 1. The number of aryl methyl sites for hydroxylation is 1. The Morgan fingerprint density at radius 3 is 2.58 bits per heavy atom. The number of hydrogen-bond donors (Lipinski definition) is 1. The Bertz CT molecular complexity index is 862. The van der Waals surface area contributed by atoms with Gasteiger partial charge in [-0.15, -0.1) is 0 Å². The number of ether oxygens (including phenoxy) is 1. The van der Waals surface area contributed by atoms with E-state index in [-0.39, 0.29) is 16.4 Å². The van der Waals surface area contributed by atoms with Gasteiger partial charge in [0.05, 0.1) is 4.92 Å². The fraction of sp³-hybridized carbons (Fsp3) is 0.111. The summed E-state index contributed by atoms with van der Waals surface area (Å²) in [7, 11) is 0. The Morgan fingerprint density at radius 1 is 1.23 bits per heavy atom. The highest BCUT2D eigenvalue weighted by atomic mass is 35.5. The number of amides is 1. The van der Waals surface area contributed by atoms with Crippen LogP contribution in [0.3, 0.4) is 0 Å². The van der Waals surface area contributed by atoms with Crippen molar-refractivity contribution in [2.75, 3.05) is 11.9 Å². The third kappa shape index (κ3) is 5.71. The van der Waals surface area contributed by atoms with Crippen LogP contribution in [0.2, 0.25) is 5.02 Å². The number of nitro benzene ring substituents is 1. The van der Waals surface area contributed by atoms with E-state index in [9.17, 15) is 19.7 Å². The van der Waals surface area contributed by atoms with E-state index in [1.807, 2.05) is 31.2 Å². The molecule has 8 heteroatoms. The van der Waals surface area contributed by atoms with Crippen LogP contribution in [0.15, 0.2) is 48.5 Å². The number of hydrogen-bond acceptors (Lipinski definition) is 5. The molecule has 26 heavy (non-hydrogen) atoms. The molecule has 134 valence electrons. The summed E-state index contributed by atoms with van der Waals surface area (Å²) in [5.74, 6) is -1.30. The van der Waals surface area contributed by atoms with Crippen molar-refractivity contribution in [2.45, 2.75) is 6.92 Å². The van der Waals surface area contributed by atoms with E-state index >= 15 is 0 Å². The Hall–Kier alpha value is -3.19. The molecule has 0 aromatic heterocycles. The van der Waals surface area contributed by atoms with Gasteiger partial charge in [0.25, 0.3) is 11.6 Å². The molecule has 7 nitrogen and oxygen atoms in total. The van der Waals surface area contributed by atoms with Gasteiger partial charge in [0.15, 0.2) is 6.61 Å². The van der Waals surface area contributed by atoms with Gasteiger partial charge in [-0.05, 0) is 30.7 Å². The highest BCUT2D eigenvalue weighted by Gasteiger charge is 2.14. The zero-order chi connectivity index (χ0) is 19.1. The fourth-order valence-electron chi connectivity index (χ4n) is 1.95. The van der Waals surface area contributed by atoms with Crippen LogP contribution < -0.4 is 5.32 Å². The third-order valence-corrected chi connectivity index (χ3v) is 3.58. The maximum Gasteiger partial charge on any atom is 0.331 e. The number of rotatable bonds is 6. The molecule has 2 aromatic carbocycles. The number of nitrogens with one attached hydrogen (secondary N) is 1. The summed E-state index contributed by atoms with van der Waals surface area (Å²) in [5.41, 5.74) is 1.77. The van der Waals surface area contributed by atoms with Crippen LogP contribution in [0.5, 0.6) is 0 Å². The van der Waals surface area contributed by atoms with Crippen LogP contribution in [0.25, 0.3) is 6.08 Å². The van der Waals surface area contributed by atoms with Gasteiger partial charge in [0, 0.05) is 17.8 Å². The smallest absolute Gasteiger partial charge is 0.331 e. The normalized spacial score (nSPS) is 10.5. The molecule has 1 N–H and O–H groups in total. The lowest BCUT2D eigenvalue weighted by atomic mass is 10.1. The van der Waals surface area contributed by atoms with Gasteiger partial charge in [-0.3, -0.25) is 14.9 Å². The SMILES string of the molecule is Cc1ccc(/C=C/C(=O)OCC(=O)Nc2ccc(Cl)c([N+](=O)[O-])c2)cc1. The molecule has 0 spiro atoms. The summed E-state index contributed by atoms with van der Waals surface area (Å²) in [6.07, 6.45) is 2.79. The largest absolute Gasteiger partial charge is 0.452 e. The van der Waals surface area contributed by atoms with Crippen LogP contribution in [0.1, 0.15) is 11.1 Å². The van der Waals surface area contributed by atoms with Gasteiger partial charge < -0.3 is 10.1 Å². The number of benzene rings is 2. The number of nitrogens with zero attached hydrogens (tertiary/aromatic N) is 1. The molecule has 0 bridgehead atoms. The molecule has 0 aliphatic heterocycles. The van der Waals surface area contributed by atoms with Crippen molar-refractivity contribution in [3.05, 3.63) is 74.8 Å². The molecule has 0 radical (unpaired) electrons. The van der Waals surface area contributed by atoms with Crippen molar-refractivity contribution < 1.29 is 19.2 Å². The van der Waals surface area contributed by atoms with E-state index in [1.165, 1.54) is 18.2 Å². The van der Waals surface area contributed by atoms with Crippen LogP contribution in [0, 0.1) is 17.0 Å². The van der Waals surface area contributed by atoms with Crippen molar-refractivity contribution in [3.63, 3.8) is 0 Å². The summed E-state index contributed by atoms with van der Waals surface area (Å²) < 4.78 is 4.83. The number of carbonyl (C=O) groups excluding carboxylic acids is 2. The average Bonchev–Trinajstić information content (AvgIpc) is 2.61. The number of anilines is 1. The predicted molar refractivity (Wildman–Crippen MR) is 97.9 cm³/mol. The van der Waals surface area contributed by atoms with Crippen molar-refractivity contribution in [2.24, 2.45) is 0 Å². The molecule has 0 saturated heterocycles. The fourth-order valence-corrected chi connectivity index (χ4v) is 2.14. The highest BCUT2D eigenvalue weighted by Crippen LogP contribution is 2.27. The Kier molecular flexibility index (Phi) is 6.46. The van der Waals surface area contributed by atoms with Crippen LogP contribution in [0.4, 0.5) is 11.4 Å². The van der Waals surface area contributed by atoms with Gasteiger partial charge >= 0.3 is 5.97 Å². The Labute approximate surface area is 154 Å². The molecule has 0 saturated carbocycles. The molecule has 0 heterocycles. The molecule has 0 atom stereocenters. The van der Waals surface area contributed by atoms with E-state index in [2.05, 4.69) is 5.32 Å². The first-order valence-corrected chi connectivity index (χ1v) is 7.88. The van der Waals surface area contributed by atoms with Gasteiger partial charge in [-0.1, -0.05) is 41.4 Å². The van der Waals surface area contributed by atoms with Crippen LogP contribution in [-0.4, -0.2) is 23.4 Å². The van der Waals surface area contributed by atoms with Crippen LogP contribution in [-0.2, 0) is 14.3 Å². The van der Waals surface area contributed by atoms with E-state index in [0.717, 1.165) is 17.2 Å². The average molecular weight is 375 g/mol. The highest BCUT2D eigenvalue weighted by molar-refractivity contribution is 6.32. The summed E-state index contributed by atoms with van der Waals surface area (Å²) in [5, 5.41) is 13.2. The quantitative estimate of drug-likeness (QED) is 0.359. The summed E-state index contributed by atoms with van der Waals surface area (Å²) in [6.45, 7) is 1.43. The standard InChI is InChI=1S/C18H15ClN2O5/c1-12-2-4-13(5-3-12)6-9-18(23)26-11-17(22)20-14-7-8-15(19)16(10-14)21(24)25/h2-10H,11H2,1H3,(H,20,22)/b9-6+. The Balaban J connectivity index is 1.86. The van der Waals surface area contributed by atoms with Crippen molar-refractivity contribution in [1.29, 1.82) is 0 Å². The van der Waals surface area contributed by atoms with E-state index < -0.39 is 23.4 Å². The van der Waals surface area contributed by atoms with Crippen molar-refractivity contribution in [1.82, 2.24) is 0 Å². The van der Waals surface area contributed by atoms with E-state index in [4.69, 9.17) is 16.3 Å². The zero-order valence-electron chi connectivity index (χ0n) is 13.8. The molecular formula is C18H15ClN2O5. The second-order valence-electron chi connectivity index (χ2n) is 5.32. The predicted octanol–water partition coefficient (Wildman–Crippen LogP) is 3.75. The van der Waals surface area contributed by atoms with Gasteiger partial charge in [0.1, 0.15) is 5.02 Å². The minimum atomic E-state index is -0.678.